The van der Waals surface area contributed by atoms with Crippen LogP contribution in [-0.4, -0.2) is 14.2 Å². The highest BCUT2D eigenvalue weighted by Gasteiger charge is 2.60. The molecule has 2 aromatic rings. The fourth-order valence-corrected chi connectivity index (χ4v) is 4.92. The van der Waals surface area contributed by atoms with Crippen molar-refractivity contribution in [3.05, 3.63) is 70.3 Å². The molecule has 0 aromatic heterocycles. The summed E-state index contributed by atoms with van der Waals surface area (Å²) in [5, 5.41) is 0. The van der Waals surface area contributed by atoms with Crippen molar-refractivity contribution < 1.29 is 9.47 Å². The van der Waals surface area contributed by atoms with Crippen LogP contribution in [-0.2, 0) is 33.5 Å². The maximum absolute atomic E-state index is 5.52. The number of fused-ring (bicyclic) bond motifs is 1. The summed E-state index contributed by atoms with van der Waals surface area (Å²) in [6, 6.07) is 15.7. The van der Waals surface area contributed by atoms with E-state index in [4.69, 9.17) is 9.47 Å². The fraction of sp³-hybridized carbons (Fsp3) is 0.500. The predicted molar refractivity (Wildman–Crippen MR) is 108 cm³/mol. The molecule has 2 heteroatoms. The van der Waals surface area contributed by atoms with Crippen molar-refractivity contribution in [2.24, 2.45) is 5.41 Å². The molecular weight excluding hydrogens is 320 g/mol. The Kier molecular flexibility index (Phi) is 4.79. The summed E-state index contributed by atoms with van der Waals surface area (Å²) in [5.74, 6) is 0. The second-order valence-electron chi connectivity index (χ2n) is 8.78. The first-order chi connectivity index (χ1) is 12.2. The first-order valence-electron chi connectivity index (χ1n) is 9.42. The monoisotopic (exact) mass is 352 g/mol. The van der Waals surface area contributed by atoms with Crippen LogP contribution in [0.2, 0.25) is 0 Å². The van der Waals surface area contributed by atoms with Crippen molar-refractivity contribution in [1.82, 2.24) is 0 Å². The summed E-state index contributed by atoms with van der Waals surface area (Å²) in [4.78, 5) is 0. The van der Waals surface area contributed by atoms with Gasteiger partial charge >= 0.3 is 0 Å². The van der Waals surface area contributed by atoms with Crippen LogP contribution in [0.4, 0.5) is 0 Å². The van der Waals surface area contributed by atoms with Crippen molar-refractivity contribution in [3.63, 3.8) is 0 Å². The molecule has 2 aromatic carbocycles. The van der Waals surface area contributed by atoms with Gasteiger partial charge in [0.25, 0.3) is 0 Å². The summed E-state index contributed by atoms with van der Waals surface area (Å²) in [6.45, 7) is 13.3. The molecule has 0 saturated carbocycles. The Balaban J connectivity index is 2.23. The third kappa shape index (κ3) is 2.46. The highest BCUT2D eigenvalue weighted by molar-refractivity contribution is 5.58. The van der Waals surface area contributed by atoms with Crippen molar-refractivity contribution in [1.29, 1.82) is 0 Å². The zero-order valence-corrected chi connectivity index (χ0v) is 17.3. The molecule has 0 heterocycles. The molecule has 1 atom stereocenters. The molecule has 3 rings (SSSR count). The molecule has 0 saturated heterocycles. The van der Waals surface area contributed by atoms with Crippen LogP contribution in [0, 0.1) is 5.41 Å². The predicted octanol–water partition coefficient (Wildman–Crippen LogP) is 5.60. The number of benzene rings is 2. The second kappa shape index (κ2) is 6.51. The lowest BCUT2D eigenvalue weighted by Gasteiger charge is -2.47. The Hall–Kier alpha value is -1.64. The van der Waals surface area contributed by atoms with Gasteiger partial charge in [-0.25, -0.2) is 0 Å². The molecule has 0 spiro atoms. The average Bonchev–Trinajstić information content (AvgIpc) is 2.73. The minimum atomic E-state index is -0.0683. The quantitative estimate of drug-likeness (QED) is 0.697. The lowest BCUT2D eigenvalue weighted by molar-refractivity contribution is 0.136. The summed E-state index contributed by atoms with van der Waals surface area (Å²) in [6.07, 6.45) is 0. The molecule has 0 radical (unpaired) electrons. The third-order valence-electron chi connectivity index (χ3n) is 7.27. The van der Waals surface area contributed by atoms with Gasteiger partial charge in [0.15, 0.2) is 0 Å². The Morgan fingerprint density at radius 3 is 1.96 bits per heavy atom. The number of ether oxygens (including phenoxy) is 2. The van der Waals surface area contributed by atoms with Gasteiger partial charge in [0.2, 0.25) is 0 Å². The van der Waals surface area contributed by atoms with E-state index in [1.54, 1.807) is 14.2 Å². The van der Waals surface area contributed by atoms with E-state index in [2.05, 4.69) is 77.1 Å². The first-order valence-corrected chi connectivity index (χ1v) is 9.42. The lowest BCUT2D eigenvalue weighted by atomic mass is 9.56. The number of hydrogen-bond acceptors (Lipinski definition) is 2. The Labute approximate surface area is 158 Å². The molecule has 1 aliphatic rings. The van der Waals surface area contributed by atoms with Gasteiger partial charge in [0.1, 0.15) is 0 Å². The largest absolute Gasteiger partial charge is 0.380 e. The van der Waals surface area contributed by atoms with Crippen LogP contribution < -0.4 is 0 Å². The van der Waals surface area contributed by atoms with Gasteiger partial charge in [-0.15, -0.1) is 0 Å². The summed E-state index contributed by atoms with van der Waals surface area (Å²) < 4.78 is 10.8. The lowest BCUT2D eigenvalue weighted by Crippen LogP contribution is -2.45. The van der Waals surface area contributed by atoms with Crippen molar-refractivity contribution in [2.75, 3.05) is 14.2 Å². The number of rotatable bonds is 5. The first kappa shape index (κ1) is 19.1. The van der Waals surface area contributed by atoms with Gasteiger partial charge in [0.05, 0.1) is 13.2 Å². The topological polar surface area (TPSA) is 18.5 Å². The molecule has 0 aliphatic heterocycles. The summed E-state index contributed by atoms with van der Waals surface area (Å²) in [5.41, 5.74) is 6.79. The molecule has 26 heavy (non-hydrogen) atoms. The SMILES string of the molecule is COCc1ccc(C2(C)c3cccc(COC)c3C(C)(C)C2(C)C)cc1. The maximum Gasteiger partial charge on any atom is 0.0716 e. The van der Waals surface area contributed by atoms with Gasteiger partial charge in [-0.05, 0) is 38.6 Å². The second-order valence-corrected chi connectivity index (χ2v) is 8.78. The standard InChI is InChI=1S/C24H32O2/c1-22(2)21-18(16-26-7)9-8-10-20(21)24(5,23(22,3)4)19-13-11-17(12-14-19)15-25-6/h8-14H,15-16H2,1-7H3. The van der Waals surface area contributed by atoms with E-state index in [-0.39, 0.29) is 16.2 Å². The van der Waals surface area contributed by atoms with Crippen LogP contribution in [0.15, 0.2) is 42.5 Å². The third-order valence-corrected chi connectivity index (χ3v) is 7.27. The summed E-state index contributed by atoms with van der Waals surface area (Å²) >= 11 is 0. The van der Waals surface area contributed by atoms with Gasteiger partial charge in [-0.2, -0.15) is 0 Å². The van der Waals surface area contributed by atoms with Crippen molar-refractivity contribution in [3.8, 4) is 0 Å². The van der Waals surface area contributed by atoms with E-state index >= 15 is 0 Å². The van der Waals surface area contributed by atoms with Crippen molar-refractivity contribution in [2.45, 2.75) is 58.7 Å². The maximum atomic E-state index is 5.52. The van der Waals surface area contributed by atoms with Gasteiger partial charge < -0.3 is 9.47 Å². The van der Waals surface area contributed by atoms with Crippen LogP contribution in [0.25, 0.3) is 0 Å². The number of hydrogen-bond donors (Lipinski definition) is 0. The molecule has 1 aliphatic carbocycles. The summed E-state index contributed by atoms with van der Waals surface area (Å²) in [7, 11) is 3.52. The highest BCUT2D eigenvalue weighted by atomic mass is 16.5. The minimum Gasteiger partial charge on any atom is -0.380 e. The normalized spacial score (nSPS) is 23.0. The van der Waals surface area contributed by atoms with Crippen LogP contribution in [0.1, 0.15) is 62.4 Å². The molecule has 140 valence electrons. The van der Waals surface area contributed by atoms with E-state index in [1.807, 2.05) is 0 Å². The Bertz CT molecular complexity index is 786. The molecule has 1 unspecified atom stereocenters. The van der Waals surface area contributed by atoms with Crippen LogP contribution in [0.5, 0.6) is 0 Å². The van der Waals surface area contributed by atoms with Gasteiger partial charge in [-0.1, -0.05) is 77.1 Å². The van der Waals surface area contributed by atoms with Crippen LogP contribution >= 0.6 is 0 Å². The van der Waals surface area contributed by atoms with Gasteiger partial charge in [-0.3, -0.25) is 0 Å². The van der Waals surface area contributed by atoms with E-state index in [1.165, 1.54) is 27.8 Å². The molecule has 2 nitrogen and oxygen atoms in total. The van der Waals surface area contributed by atoms with Crippen molar-refractivity contribution >= 4 is 0 Å². The smallest absolute Gasteiger partial charge is 0.0716 e. The fourth-order valence-electron chi connectivity index (χ4n) is 4.92. The Morgan fingerprint density at radius 2 is 1.38 bits per heavy atom. The zero-order chi connectivity index (χ0) is 19.2. The average molecular weight is 353 g/mol. The molecule has 0 fully saturated rings. The van der Waals surface area contributed by atoms with Gasteiger partial charge in [0, 0.05) is 19.6 Å². The molecule has 0 bridgehead atoms. The van der Waals surface area contributed by atoms with E-state index in [0.717, 1.165) is 0 Å². The molecule has 0 amide bonds. The van der Waals surface area contributed by atoms with E-state index in [0.29, 0.717) is 13.2 Å². The number of methoxy groups -OCH3 is 2. The Morgan fingerprint density at radius 1 is 0.769 bits per heavy atom. The van der Waals surface area contributed by atoms with E-state index in [9.17, 15) is 0 Å². The highest BCUT2D eigenvalue weighted by Crippen LogP contribution is 2.64. The van der Waals surface area contributed by atoms with Crippen LogP contribution in [0.3, 0.4) is 0 Å². The minimum absolute atomic E-state index is 0.0391. The van der Waals surface area contributed by atoms with E-state index < -0.39 is 0 Å². The molecular formula is C24H32O2. The zero-order valence-electron chi connectivity index (χ0n) is 17.3. The molecule has 0 N–H and O–H groups in total.